The molecule has 1 fully saturated rings. The summed E-state index contributed by atoms with van der Waals surface area (Å²) in [5.41, 5.74) is 5.17. The number of nitrogens with one attached hydrogen (secondary N) is 2. The number of sulfonamides is 1. The average Bonchev–Trinajstić information content (AvgIpc) is 3.21. The van der Waals surface area contributed by atoms with Gasteiger partial charge in [-0.2, -0.15) is 0 Å². The van der Waals surface area contributed by atoms with Crippen molar-refractivity contribution in [2.45, 2.75) is 63.8 Å². The van der Waals surface area contributed by atoms with Gasteiger partial charge in [0.25, 0.3) is 5.91 Å². The van der Waals surface area contributed by atoms with E-state index in [4.69, 9.17) is 4.74 Å². The predicted octanol–water partition coefficient (Wildman–Crippen LogP) is 3.81. The van der Waals surface area contributed by atoms with Gasteiger partial charge < -0.3 is 10.1 Å². The summed E-state index contributed by atoms with van der Waals surface area (Å²) >= 11 is 0. The molecule has 1 saturated carbocycles. The van der Waals surface area contributed by atoms with Crippen molar-refractivity contribution in [2.75, 3.05) is 13.7 Å². The zero-order valence-corrected chi connectivity index (χ0v) is 19.6. The highest BCUT2D eigenvalue weighted by molar-refractivity contribution is 7.89. The molecule has 1 aliphatic carbocycles. The zero-order chi connectivity index (χ0) is 22.6. The summed E-state index contributed by atoms with van der Waals surface area (Å²) in [7, 11) is -2.35. The summed E-state index contributed by atoms with van der Waals surface area (Å²) in [4.78, 5) is 12.7. The van der Waals surface area contributed by atoms with Gasteiger partial charge in [-0.25, -0.2) is 13.1 Å². The average molecular weight is 445 g/mol. The molecule has 6 nitrogen and oxygen atoms in total. The summed E-state index contributed by atoms with van der Waals surface area (Å²) in [6, 6.07) is 8.74. The molecule has 0 heterocycles. The minimum absolute atomic E-state index is 0.000210. The van der Waals surface area contributed by atoms with E-state index in [0.29, 0.717) is 18.5 Å². The number of amides is 1. The van der Waals surface area contributed by atoms with Crippen molar-refractivity contribution >= 4 is 15.9 Å². The molecular formula is C24H32N2O4S. The number of hydrogen-bond acceptors (Lipinski definition) is 4. The van der Waals surface area contributed by atoms with E-state index >= 15 is 0 Å². The van der Waals surface area contributed by atoms with Crippen molar-refractivity contribution in [3.63, 3.8) is 0 Å². The third-order valence-electron chi connectivity index (χ3n) is 5.89. The van der Waals surface area contributed by atoms with Crippen LogP contribution in [0.2, 0.25) is 0 Å². The van der Waals surface area contributed by atoms with Crippen LogP contribution in [-0.2, 0) is 16.4 Å². The lowest BCUT2D eigenvalue weighted by atomic mass is 9.97. The Morgan fingerprint density at radius 2 is 1.71 bits per heavy atom. The molecular weight excluding hydrogens is 412 g/mol. The molecule has 0 aromatic heterocycles. The highest BCUT2D eigenvalue weighted by Crippen LogP contribution is 2.27. The van der Waals surface area contributed by atoms with Gasteiger partial charge in [-0.15, -0.1) is 0 Å². The molecule has 0 aliphatic heterocycles. The molecule has 1 amide bonds. The van der Waals surface area contributed by atoms with Crippen LogP contribution in [0, 0.1) is 20.8 Å². The number of carbonyl (C=O) groups is 1. The van der Waals surface area contributed by atoms with E-state index < -0.39 is 10.0 Å². The van der Waals surface area contributed by atoms with E-state index in [0.717, 1.165) is 25.7 Å². The third kappa shape index (κ3) is 5.66. The molecule has 2 aromatic carbocycles. The lowest BCUT2D eigenvalue weighted by molar-refractivity contribution is 0.0954. The summed E-state index contributed by atoms with van der Waals surface area (Å²) in [5, 5.41) is 2.91. The number of carbonyl (C=O) groups excluding carboxylic acids is 1. The minimum atomic E-state index is -3.78. The van der Waals surface area contributed by atoms with Gasteiger partial charge in [0.15, 0.2) is 0 Å². The highest BCUT2D eigenvalue weighted by atomic mass is 32.2. The van der Waals surface area contributed by atoms with E-state index in [1.807, 2.05) is 0 Å². The normalized spacial score (nSPS) is 14.6. The Hall–Kier alpha value is -2.38. The minimum Gasteiger partial charge on any atom is -0.495 e. The largest absolute Gasteiger partial charge is 0.495 e. The maximum Gasteiger partial charge on any atom is 0.251 e. The Morgan fingerprint density at radius 3 is 2.32 bits per heavy atom. The zero-order valence-electron chi connectivity index (χ0n) is 18.7. The topological polar surface area (TPSA) is 84.5 Å². The third-order valence-corrected chi connectivity index (χ3v) is 7.43. The van der Waals surface area contributed by atoms with Crippen LogP contribution < -0.4 is 14.8 Å². The first kappa shape index (κ1) is 23.3. The molecule has 0 radical (unpaired) electrons. The summed E-state index contributed by atoms with van der Waals surface area (Å²) in [6.45, 7) is 6.70. The van der Waals surface area contributed by atoms with Crippen molar-refractivity contribution in [1.29, 1.82) is 0 Å². The highest BCUT2D eigenvalue weighted by Gasteiger charge is 2.26. The Balaban J connectivity index is 1.72. The summed E-state index contributed by atoms with van der Waals surface area (Å²) in [6.07, 6.45) is 4.42. The first-order valence-corrected chi connectivity index (χ1v) is 12.2. The number of rotatable bonds is 8. The van der Waals surface area contributed by atoms with Gasteiger partial charge in [0.1, 0.15) is 10.6 Å². The lowest BCUT2D eigenvalue weighted by Crippen LogP contribution is -2.33. The van der Waals surface area contributed by atoms with E-state index in [9.17, 15) is 13.2 Å². The molecule has 168 valence electrons. The van der Waals surface area contributed by atoms with Crippen molar-refractivity contribution in [2.24, 2.45) is 0 Å². The molecule has 0 atom stereocenters. The van der Waals surface area contributed by atoms with Gasteiger partial charge in [-0.3, -0.25) is 4.79 Å². The SMILES string of the molecule is COc1ccc(C(=O)NCCc2c(C)cc(C)cc2C)cc1S(=O)(=O)NC1CCCC1. The number of methoxy groups -OCH3 is 1. The van der Waals surface area contributed by atoms with Crippen molar-refractivity contribution in [3.8, 4) is 5.75 Å². The molecule has 2 aromatic rings. The monoisotopic (exact) mass is 444 g/mol. The Kier molecular flexibility index (Phi) is 7.38. The van der Waals surface area contributed by atoms with Crippen LogP contribution in [0.25, 0.3) is 0 Å². The summed E-state index contributed by atoms with van der Waals surface area (Å²) < 4.78 is 33.9. The van der Waals surface area contributed by atoms with Crippen molar-refractivity contribution < 1.29 is 17.9 Å². The molecule has 1 aliphatic rings. The van der Waals surface area contributed by atoms with Gasteiger partial charge in [-0.05, 0) is 74.9 Å². The standard InChI is InChI=1S/C24H32N2O4S/c1-16-13-17(2)21(18(3)14-16)11-12-25-24(27)19-9-10-22(30-4)23(15-19)31(28,29)26-20-7-5-6-8-20/h9-10,13-15,20,26H,5-8,11-12H2,1-4H3,(H,25,27). The van der Waals surface area contributed by atoms with Gasteiger partial charge in [0, 0.05) is 18.2 Å². The second-order valence-electron chi connectivity index (χ2n) is 8.35. The predicted molar refractivity (Wildman–Crippen MR) is 122 cm³/mol. The van der Waals surface area contributed by atoms with Crippen LogP contribution in [-0.4, -0.2) is 34.0 Å². The van der Waals surface area contributed by atoms with Gasteiger partial charge in [0.2, 0.25) is 10.0 Å². The molecule has 0 bridgehead atoms. The van der Waals surface area contributed by atoms with E-state index in [1.54, 1.807) is 6.07 Å². The van der Waals surface area contributed by atoms with Crippen LogP contribution in [0.3, 0.4) is 0 Å². The fourth-order valence-electron chi connectivity index (χ4n) is 4.36. The fourth-order valence-corrected chi connectivity index (χ4v) is 5.86. The number of ether oxygens (including phenoxy) is 1. The molecule has 0 unspecified atom stereocenters. The van der Waals surface area contributed by atoms with Gasteiger partial charge >= 0.3 is 0 Å². The van der Waals surface area contributed by atoms with Crippen molar-refractivity contribution in [1.82, 2.24) is 10.0 Å². The second kappa shape index (κ2) is 9.83. The maximum atomic E-state index is 12.9. The Morgan fingerprint density at radius 1 is 1.06 bits per heavy atom. The second-order valence-corrected chi connectivity index (χ2v) is 10.0. The molecule has 0 spiro atoms. The molecule has 0 saturated heterocycles. The van der Waals surface area contributed by atoms with Crippen LogP contribution in [0.5, 0.6) is 5.75 Å². The van der Waals surface area contributed by atoms with Crippen LogP contribution in [0.4, 0.5) is 0 Å². The smallest absolute Gasteiger partial charge is 0.251 e. The number of hydrogen-bond donors (Lipinski definition) is 2. The molecule has 31 heavy (non-hydrogen) atoms. The number of benzene rings is 2. The van der Waals surface area contributed by atoms with Crippen LogP contribution in [0.15, 0.2) is 35.2 Å². The van der Waals surface area contributed by atoms with Gasteiger partial charge in [-0.1, -0.05) is 30.5 Å². The first-order chi connectivity index (χ1) is 14.7. The van der Waals surface area contributed by atoms with E-state index in [2.05, 4.69) is 42.9 Å². The lowest BCUT2D eigenvalue weighted by Gasteiger charge is -2.16. The number of aryl methyl sites for hydroxylation is 3. The Labute approximate surface area is 185 Å². The van der Waals surface area contributed by atoms with Crippen LogP contribution in [0.1, 0.15) is 58.3 Å². The Bertz CT molecular complexity index is 1030. The molecule has 3 rings (SSSR count). The van der Waals surface area contributed by atoms with Crippen LogP contribution >= 0.6 is 0 Å². The fraction of sp³-hybridized carbons (Fsp3) is 0.458. The summed E-state index contributed by atoms with van der Waals surface area (Å²) in [5.74, 6) is -0.0738. The molecule has 7 heteroatoms. The maximum absolute atomic E-state index is 12.9. The van der Waals surface area contributed by atoms with Gasteiger partial charge in [0.05, 0.1) is 7.11 Å². The van der Waals surface area contributed by atoms with E-state index in [-0.39, 0.29) is 22.6 Å². The quantitative estimate of drug-likeness (QED) is 0.648. The first-order valence-electron chi connectivity index (χ1n) is 10.8. The van der Waals surface area contributed by atoms with E-state index in [1.165, 1.54) is 41.5 Å². The van der Waals surface area contributed by atoms with Crippen molar-refractivity contribution in [3.05, 3.63) is 58.1 Å². The molecule has 2 N–H and O–H groups in total.